The Bertz CT molecular complexity index is 862. The molecule has 0 amide bonds. The fraction of sp³-hybridized carbons (Fsp3) is 0.294. The molecule has 0 atom stereocenters. The third-order valence-corrected chi connectivity index (χ3v) is 3.60. The number of hydrazone groups is 1. The molecule has 27 heavy (non-hydrogen) atoms. The van der Waals surface area contributed by atoms with Crippen LogP contribution in [0.1, 0.15) is 26.3 Å². The zero-order chi connectivity index (χ0) is 19.1. The Labute approximate surface area is 157 Å². The van der Waals surface area contributed by atoms with Crippen molar-refractivity contribution in [3.8, 4) is 5.69 Å². The molecule has 0 fully saturated rings. The van der Waals surface area contributed by atoms with Crippen molar-refractivity contribution < 1.29 is 0 Å². The van der Waals surface area contributed by atoms with Gasteiger partial charge in [0.1, 0.15) is 12.7 Å². The molecule has 0 saturated heterocycles. The van der Waals surface area contributed by atoms with Gasteiger partial charge in [-0.2, -0.15) is 25.2 Å². The highest BCUT2D eigenvalue weighted by atomic mass is 15.4. The summed E-state index contributed by atoms with van der Waals surface area (Å²) in [6, 6.07) is 7.86. The molecule has 0 aliphatic heterocycles. The molecule has 0 bridgehead atoms. The average molecular weight is 366 g/mol. The molecule has 3 aromatic rings. The lowest BCUT2D eigenvalue weighted by atomic mass is 10.1. The molecule has 0 aliphatic carbocycles. The molecule has 3 rings (SSSR count). The quantitative estimate of drug-likeness (QED) is 0.410. The van der Waals surface area contributed by atoms with E-state index in [1.807, 2.05) is 45.0 Å². The lowest BCUT2D eigenvalue weighted by Crippen LogP contribution is -2.11. The van der Waals surface area contributed by atoms with E-state index in [9.17, 15) is 0 Å². The number of anilines is 3. The summed E-state index contributed by atoms with van der Waals surface area (Å²) >= 11 is 0. The van der Waals surface area contributed by atoms with Crippen LogP contribution in [-0.4, -0.2) is 48.5 Å². The molecular weight excluding hydrogens is 344 g/mol. The minimum Gasteiger partial charge on any atom is -0.354 e. The molecule has 2 aromatic heterocycles. The molecule has 0 unspecified atom stereocenters. The molecule has 3 N–H and O–H groups in total. The maximum Gasteiger partial charge on any atom is 0.250 e. The van der Waals surface area contributed by atoms with E-state index in [4.69, 9.17) is 0 Å². The maximum atomic E-state index is 4.38. The number of benzene rings is 1. The highest BCUT2D eigenvalue weighted by Gasteiger charge is 2.06. The molecule has 140 valence electrons. The van der Waals surface area contributed by atoms with Gasteiger partial charge in [-0.3, -0.25) is 0 Å². The standard InChI is InChI=1S/C17H22N10/c1-4-19-15-22-16(20-5-2)24-17(23-15)26-25-12(3)13-6-8-14(9-7-13)27-11-18-10-21-27/h6-11H,4-5H2,1-3H3,(H3,19,20,22,23,24,26)/b25-12+. The molecule has 2 heterocycles. The van der Waals surface area contributed by atoms with Crippen LogP contribution < -0.4 is 16.1 Å². The van der Waals surface area contributed by atoms with Crippen LogP contribution in [0.5, 0.6) is 0 Å². The number of aromatic nitrogens is 6. The summed E-state index contributed by atoms with van der Waals surface area (Å²) in [5.41, 5.74) is 5.60. The summed E-state index contributed by atoms with van der Waals surface area (Å²) in [7, 11) is 0. The molecule has 0 aliphatic rings. The second-order valence-electron chi connectivity index (χ2n) is 5.56. The molecule has 10 nitrogen and oxygen atoms in total. The Morgan fingerprint density at radius 2 is 1.59 bits per heavy atom. The van der Waals surface area contributed by atoms with Crippen LogP contribution in [0.15, 0.2) is 42.0 Å². The zero-order valence-corrected chi connectivity index (χ0v) is 15.5. The number of nitrogens with one attached hydrogen (secondary N) is 3. The van der Waals surface area contributed by atoms with Crippen molar-refractivity contribution in [1.82, 2.24) is 29.7 Å². The van der Waals surface area contributed by atoms with Crippen LogP contribution in [0.3, 0.4) is 0 Å². The van der Waals surface area contributed by atoms with Gasteiger partial charge in [0.15, 0.2) is 0 Å². The number of hydrogen-bond acceptors (Lipinski definition) is 9. The molecule has 0 spiro atoms. The van der Waals surface area contributed by atoms with Gasteiger partial charge < -0.3 is 10.6 Å². The number of nitrogens with zero attached hydrogens (tertiary/aromatic N) is 7. The van der Waals surface area contributed by atoms with Gasteiger partial charge in [0.05, 0.1) is 11.4 Å². The summed E-state index contributed by atoms with van der Waals surface area (Å²) in [6.07, 6.45) is 3.16. The Morgan fingerprint density at radius 3 is 2.15 bits per heavy atom. The van der Waals surface area contributed by atoms with E-state index in [-0.39, 0.29) is 0 Å². The monoisotopic (exact) mass is 366 g/mol. The van der Waals surface area contributed by atoms with E-state index in [0.29, 0.717) is 17.8 Å². The third-order valence-electron chi connectivity index (χ3n) is 3.60. The second kappa shape index (κ2) is 8.70. The summed E-state index contributed by atoms with van der Waals surface area (Å²) < 4.78 is 1.70. The Kier molecular flexibility index (Phi) is 5.87. The van der Waals surface area contributed by atoms with Crippen LogP contribution in [0.25, 0.3) is 5.69 Å². The van der Waals surface area contributed by atoms with Crippen molar-refractivity contribution in [3.63, 3.8) is 0 Å². The van der Waals surface area contributed by atoms with Crippen molar-refractivity contribution in [2.75, 3.05) is 29.1 Å². The fourth-order valence-corrected chi connectivity index (χ4v) is 2.30. The van der Waals surface area contributed by atoms with Crippen molar-refractivity contribution >= 4 is 23.6 Å². The van der Waals surface area contributed by atoms with E-state index in [0.717, 1.165) is 30.1 Å². The van der Waals surface area contributed by atoms with E-state index in [1.165, 1.54) is 6.33 Å². The zero-order valence-electron chi connectivity index (χ0n) is 15.5. The van der Waals surface area contributed by atoms with E-state index < -0.39 is 0 Å². The smallest absolute Gasteiger partial charge is 0.250 e. The van der Waals surface area contributed by atoms with Gasteiger partial charge in [0.25, 0.3) is 0 Å². The summed E-state index contributed by atoms with van der Waals surface area (Å²) in [5, 5.41) is 14.7. The number of rotatable bonds is 8. The van der Waals surface area contributed by atoms with Crippen molar-refractivity contribution in [2.45, 2.75) is 20.8 Å². The van der Waals surface area contributed by atoms with E-state index in [2.05, 4.69) is 46.2 Å². The van der Waals surface area contributed by atoms with Gasteiger partial charge in [0, 0.05) is 13.1 Å². The topological polar surface area (TPSA) is 118 Å². The highest BCUT2D eigenvalue weighted by molar-refractivity contribution is 5.99. The Balaban J connectivity index is 1.74. The van der Waals surface area contributed by atoms with Crippen LogP contribution in [-0.2, 0) is 0 Å². The highest BCUT2D eigenvalue weighted by Crippen LogP contribution is 2.11. The van der Waals surface area contributed by atoms with Crippen molar-refractivity contribution in [1.29, 1.82) is 0 Å². The van der Waals surface area contributed by atoms with E-state index in [1.54, 1.807) is 11.0 Å². The Hall–Kier alpha value is -3.56. The first-order valence-electron chi connectivity index (χ1n) is 8.69. The second-order valence-corrected chi connectivity index (χ2v) is 5.56. The van der Waals surface area contributed by atoms with Crippen LogP contribution in [0.2, 0.25) is 0 Å². The minimum absolute atomic E-state index is 0.371. The molecule has 1 aromatic carbocycles. The summed E-state index contributed by atoms with van der Waals surface area (Å²) in [6.45, 7) is 7.31. The van der Waals surface area contributed by atoms with Crippen LogP contribution in [0.4, 0.5) is 17.8 Å². The van der Waals surface area contributed by atoms with Gasteiger partial charge in [-0.15, -0.1) is 0 Å². The first kappa shape index (κ1) is 18.2. The van der Waals surface area contributed by atoms with Crippen molar-refractivity contribution in [3.05, 3.63) is 42.5 Å². The fourth-order valence-electron chi connectivity index (χ4n) is 2.30. The van der Waals surface area contributed by atoms with Gasteiger partial charge in [-0.25, -0.2) is 15.1 Å². The van der Waals surface area contributed by atoms with E-state index >= 15 is 0 Å². The van der Waals surface area contributed by atoms with Gasteiger partial charge in [-0.1, -0.05) is 12.1 Å². The minimum atomic E-state index is 0.371. The first-order chi connectivity index (χ1) is 13.2. The normalized spacial score (nSPS) is 11.3. The predicted octanol–water partition coefficient (Wildman–Crippen LogP) is 2.15. The predicted molar refractivity (Wildman–Crippen MR) is 105 cm³/mol. The Morgan fingerprint density at radius 1 is 0.963 bits per heavy atom. The maximum absolute atomic E-state index is 4.38. The lowest BCUT2D eigenvalue weighted by molar-refractivity contribution is 0.879. The summed E-state index contributed by atoms with van der Waals surface area (Å²) in [4.78, 5) is 16.9. The SMILES string of the molecule is CCNc1nc(NCC)nc(N/N=C(\C)c2ccc(-n3cncn3)cc2)n1. The van der Waals surface area contributed by atoms with Crippen LogP contribution >= 0.6 is 0 Å². The largest absolute Gasteiger partial charge is 0.354 e. The molecule has 0 radical (unpaired) electrons. The average Bonchev–Trinajstić information content (AvgIpc) is 3.21. The third kappa shape index (κ3) is 4.75. The molecule has 10 heteroatoms. The van der Waals surface area contributed by atoms with Crippen molar-refractivity contribution in [2.24, 2.45) is 5.10 Å². The lowest BCUT2D eigenvalue weighted by Gasteiger charge is -2.08. The van der Waals surface area contributed by atoms with Gasteiger partial charge >= 0.3 is 0 Å². The molecule has 0 saturated carbocycles. The summed E-state index contributed by atoms with van der Waals surface area (Å²) in [5.74, 6) is 1.36. The van der Waals surface area contributed by atoms with Gasteiger partial charge in [0.2, 0.25) is 17.8 Å². The van der Waals surface area contributed by atoms with Crippen LogP contribution in [0, 0.1) is 0 Å². The van der Waals surface area contributed by atoms with Gasteiger partial charge in [-0.05, 0) is 38.5 Å². The number of hydrogen-bond donors (Lipinski definition) is 3. The first-order valence-corrected chi connectivity index (χ1v) is 8.69. The molecular formula is C17H22N10.